The van der Waals surface area contributed by atoms with Gasteiger partial charge in [-0.2, -0.15) is 0 Å². The van der Waals surface area contributed by atoms with Crippen molar-refractivity contribution < 1.29 is 9.53 Å². The van der Waals surface area contributed by atoms with Crippen molar-refractivity contribution >= 4 is 11.7 Å². The van der Waals surface area contributed by atoms with Crippen molar-refractivity contribution in [2.75, 3.05) is 25.2 Å². The minimum atomic E-state index is -0.134. The summed E-state index contributed by atoms with van der Waals surface area (Å²) in [6.07, 6.45) is 1.62. The molecule has 1 aromatic heterocycles. The number of carbonyl (C=O) groups excluding carboxylic acids is 1. The van der Waals surface area contributed by atoms with Crippen molar-refractivity contribution in [3.05, 3.63) is 59.8 Å². The highest BCUT2D eigenvalue weighted by atomic mass is 16.5. The van der Waals surface area contributed by atoms with E-state index in [1.165, 1.54) is 5.56 Å². The third-order valence-electron chi connectivity index (χ3n) is 3.72. The molecule has 1 N–H and O–H groups in total. The van der Waals surface area contributed by atoms with Gasteiger partial charge in [0, 0.05) is 32.4 Å². The fourth-order valence-corrected chi connectivity index (χ4v) is 2.37. The van der Waals surface area contributed by atoms with Gasteiger partial charge in [0.25, 0.3) is 5.91 Å². The number of hydrogen-bond donors (Lipinski definition) is 1. The Morgan fingerprint density at radius 2 is 1.96 bits per heavy atom. The van der Waals surface area contributed by atoms with Crippen molar-refractivity contribution in [3.63, 3.8) is 0 Å². The van der Waals surface area contributed by atoms with Crippen LogP contribution in [0, 0.1) is 0 Å². The maximum absolute atomic E-state index is 12.0. The first-order chi connectivity index (χ1) is 11.6. The van der Waals surface area contributed by atoms with E-state index in [1.807, 2.05) is 30.3 Å². The molecule has 2 rings (SSSR count). The van der Waals surface area contributed by atoms with Gasteiger partial charge >= 0.3 is 0 Å². The monoisotopic (exact) mass is 327 g/mol. The molecule has 0 bridgehead atoms. The van der Waals surface area contributed by atoms with E-state index in [2.05, 4.69) is 41.2 Å². The number of carbonyl (C=O) groups is 1. The molecule has 0 saturated carbocycles. The van der Waals surface area contributed by atoms with E-state index in [0.29, 0.717) is 24.8 Å². The largest absolute Gasteiger partial charge is 0.383 e. The molecule has 2 aromatic rings. The summed E-state index contributed by atoms with van der Waals surface area (Å²) in [5.74, 6) is 0.729. The zero-order chi connectivity index (χ0) is 17.4. The number of rotatable bonds is 8. The summed E-state index contributed by atoms with van der Waals surface area (Å²) in [5.41, 5.74) is 1.78. The Hall–Kier alpha value is -2.40. The van der Waals surface area contributed by atoms with Crippen LogP contribution in [-0.4, -0.2) is 37.2 Å². The lowest BCUT2D eigenvalue weighted by Gasteiger charge is -2.28. The Balaban J connectivity index is 2.07. The lowest BCUT2D eigenvalue weighted by Crippen LogP contribution is -2.31. The minimum absolute atomic E-state index is 0.134. The molecule has 0 aliphatic carbocycles. The van der Waals surface area contributed by atoms with Gasteiger partial charge in [-0.15, -0.1) is 0 Å². The summed E-state index contributed by atoms with van der Waals surface area (Å²) in [6.45, 7) is 6.04. The lowest BCUT2D eigenvalue weighted by molar-refractivity contribution is 0.0937. The van der Waals surface area contributed by atoms with E-state index in [0.717, 1.165) is 12.4 Å². The molecule has 0 fully saturated rings. The maximum atomic E-state index is 12.0. The molecule has 1 heterocycles. The summed E-state index contributed by atoms with van der Waals surface area (Å²) in [7, 11) is 1.61. The molecule has 1 amide bonds. The first-order valence-electron chi connectivity index (χ1n) is 8.15. The molecule has 1 aromatic carbocycles. The second kappa shape index (κ2) is 9.03. The number of amides is 1. The third-order valence-corrected chi connectivity index (χ3v) is 3.72. The van der Waals surface area contributed by atoms with E-state index in [4.69, 9.17) is 4.74 Å². The fraction of sp³-hybridized carbons (Fsp3) is 0.368. The molecule has 0 radical (unpaired) electrons. The van der Waals surface area contributed by atoms with Gasteiger partial charge in [0.15, 0.2) is 0 Å². The molecule has 0 aliphatic heterocycles. The Bertz CT molecular complexity index is 627. The number of nitrogens with zero attached hydrogens (tertiary/aromatic N) is 2. The number of hydrogen-bond acceptors (Lipinski definition) is 4. The van der Waals surface area contributed by atoms with Crippen molar-refractivity contribution in [3.8, 4) is 0 Å². The molecular weight excluding hydrogens is 302 g/mol. The highest BCUT2D eigenvalue weighted by Crippen LogP contribution is 2.18. The summed E-state index contributed by atoms with van der Waals surface area (Å²) >= 11 is 0. The van der Waals surface area contributed by atoms with E-state index >= 15 is 0 Å². The Morgan fingerprint density at radius 1 is 1.21 bits per heavy atom. The van der Waals surface area contributed by atoms with Crippen LogP contribution in [0.25, 0.3) is 0 Å². The molecule has 0 unspecified atom stereocenters. The van der Waals surface area contributed by atoms with Crippen LogP contribution in [0.4, 0.5) is 5.82 Å². The smallest absolute Gasteiger partial charge is 0.252 e. The van der Waals surface area contributed by atoms with Gasteiger partial charge in [0.05, 0.1) is 12.2 Å². The van der Waals surface area contributed by atoms with Gasteiger partial charge in [0.2, 0.25) is 0 Å². The second-order valence-electron chi connectivity index (χ2n) is 5.86. The number of pyridine rings is 1. The zero-order valence-electron chi connectivity index (χ0n) is 14.5. The van der Waals surface area contributed by atoms with Crippen LogP contribution >= 0.6 is 0 Å². The quantitative estimate of drug-likeness (QED) is 0.758. The van der Waals surface area contributed by atoms with Crippen LogP contribution in [0.15, 0.2) is 48.7 Å². The average Bonchev–Trinajstić information content (AvgIpc) is 2.60. The van der Waals surface area contributed by atoms with Crippen LogP contribution in [0.2, 0.25) is 0 Å². The first-order valence-corrected chi connectivity index (χ1v) is 8.15. The second-order valence-corrected chi connectivity index (χ2v) is 5.86. The molecular formula is C19H25N3O2. The van der Waals surface area contributed by atoms with Gasteiger partial charge in [0.1, 0.15) is 5.82 Å². The summed E-state index contributed by atoms with van der Waals surface area (Å²) in [5, 5.41) is 2.79. The predicted molar refractivity (Wildman–Crippen MR) is 96.2 cm³/mol. The van der Waals surface area contributed by atoms with E-state index in [9.17, 15) is 4.79 Å². The molecule has 0 aliphatic rings. The van der Waals surface area contributed by atoms with E-state index < -0.39 is 0 Å². The highest BCUT2D eigenvalue weighted by molar-refractivity contribution is 5.94. The van der Waals surface area contributed by atoms with Gasteiger partial charge in [-0.3, -0.25) is 4.79 Å². The van der Waals surface area contributed by atoms with E-state index in [1.54, 1.807) is 13.3 Å². The van der Waals surface area contributed by atoms with Crippen LogP contribution in [0.3, 0.4) is 0 Å². The third kappa shape index (κ3) is 5.06. The SMILES string of the molecule is COCCNC(=O)c1ccc(N(Cc2ccccc2)C(C)C)nc1. The van der Waals surface area contributed by atoms with Crippen molar-refractivity contribution in [2.45, 2.75) is 26.4 Å². The number of methoxy groups -OCH3 is 1. The van der Waals surface area contributed by atoms with Crippen molar-refractivity contribution in [1.82, 2.24) is 10.3 Å². The normalized spacial score (nSPS) is 10.7. The van der Waals surface area contributed by atoms with Gasteiger partial charge < -0.3 is 15.0 Å². The number of anilines is 1. The van der Waals surface area contributed by atoms with Gasteiger partial charge in [-0.05, 0) is 31.5 Å². The van der Waals surface area contributed by atoms with Crippen LogP contribution in [0.5, 0.6) is 0 Å². The van der Waals surface area contributed by atoms with Crippen LogP contribution in [-0.2, 0) is 11.3 Å². The molecule has 0 atom stereocenters. The number of benzene rings is 1. The van der Waals surface area contributed by atoms with E-state index in [-0.39, 0.29) is 5.91 Å². The molecule has 5 nitrogen and oxygen atoms in total. The summed E-state index contributed by atoms with van der Waals surface area (Å²) < 4.78 is 4.92. The number of aromatic nitrogens is 1. The topological polar surface area (TPSA) is 54.5 Å². The summed E-state index contributed by atoms with van der Waals surface area (Å²) in [6, 6.07) is 14.3. The molecule has 24 heavy (non-hydrogen) atoms. The standard InChI is InChI=1S/C19H25N3O2/c1-15(2)22(14-16-7-5-4-6-8-16)18-10-9-17(13-21-18)19(23)20-11-12-24-3/h4-10,13,15H,11-12,14H2,1-3H3,(H,20,23). The zero-order valence-corrected chi connectivity index (χ0v) is 14.5. The first kappa shape index (κ1) is 17.9. The average molecular weight is 327 g/mol. The van der Waals surface area contributed by atoms with Crippen LogP contribution in [0.1, 0.15) is 29.8 Å². The minimum Gasteiger partial charge on any atom is -0.383 e. The maximum Gasteiger partial charge on any atom is 0.252 e. The fourth-order valence-electron chi connectivity index (χ4n) is 2.37. The molecule has 0 spiro atoms. The lowest BCUT2D eigenvalue weighted by atomic mass is 10.2. The van der Waals surface area contributed by atoms with Crippen molar-refractivity contribution in [2.24, 2.45) is 0 Å². The van der Waals surface area contributed by atoms with Crippen molar-refractivity contribution in [1.29, 1.82) is 0 Å². The summed E-state index contributed by atoms with van der Waals surface area (Å²) in [4.78, 5) is 18.7. The Labute approximate surface area is 143 Å². The molecule has 5 heteroatoms. The number of ether oxygens (including phenoxy) is 1. The molecule has 0 saturated heterocycles. The Morgan fingerprint density at radius 3 is 2.54 bits per heavy atom. The van der Waals surface area contributed by atoms with Crippen LogP contribution < -0.4 is 10.2 Å². The molecule has 128 valence electrons. The predicted octanol–water partition coefficient (Wildman–Crippen LogP) is 2.87. The Kier molecular flexibility index (Phi) is 6.75. The van der Waals surface area contributed by atoms with Gasteiger partial charge in [-0.1, -0.05) is 30.3 Å². The van der Waals surface area contributed by atoms with Gasteiger partial charge in [-0.25, -0.2) is 4.98 Å². The number of nitrogens with one attached hydrogen (secondary N) is 1. The highest BCUT2D eigenvalue weighted by Gasteiger charge is 2.13.